The molecule has 3 rings (SSSR count). The second kappa shape index (κ2) is 7.77. The number of hydrogen-bond acceptors (Lipinski definition) is 4. The second-order valence-corrected chi connectivity index (χ2v) is 6.13. The number of benzene rings is 1. The zero-order valence-electron chi connectivity index (χ0n) is 14.3. The molecule has 6 nitrogen and oxygen atoms in total. The lowest BCUT2D eigenvalue weighted by Gasteiger charge is -2.31. The number of aryl methyl sites for hydroxylation is 1. The summed E-state index contributed by atoms with van der Waals surface area (Å²) < 4.78 is 1.73. The van der Waals surface area contributed by atoms with Gasteiger partial charge in [0.2, 0.25) is 0 Å². The smallest absolute Gasteiger partial charge is 0.276 e. The van der Waals surface area contributed by atoms with Crippen LogP contribution in [0.4, 0.5) is 0 Å². The summed E-state index contributed by atoms with van der Waals surface area (Å²) >= 11 is 0. The van der Waals surface area contributed by atoms with Gasteiger partial charge in [-0.25, -0.2) is 4.68 Å². The molecule has 130 valence electrons. The van der Waals surface area contributed by atoms with Crippen molar-refractivity contribution >= 4 is 18.3 Å². The molecule has 0 atom stereocenters. The van der Waals surface area contributed by atoms with E-state index in [1.807, 2.05) is 50.1 Å². The van der Waals surface area contributed by atoms with Crippen LogP contribution in [0, 0.1) is 13.8 Å². The maximum absolute atomic E-state index is 12.7. The minimum atomic E-state index is -0.0181. The number of hydrogen-bond donors (Lipinski definition) is 1. The zero-order chi connectivity index (χ0) is 16.4. The van der Waals surface area contributed by atoms with E-state index in [2.05, 4.69) is 15.6 Å². The first-order valence-electron chi connectivity index (χ1n) is 8.06. The topological polar surface area (TPSA) is 63.1 Å². The van der Waals surface area contributed by atoms with Crippen LogP contribution in [0.5, 0.6) is 0 Å². The Balaban J connectivity index is 0.00000208. The normalized spacial score (nSPS) is 15.2. The molecule has 1 saturated heterocycles. The molecular formula is C17H24ClN5O. The van der Waals surface area contributed by atoms with Crippen LogP contribution < -0.4 is 5.32 Å². The highest BCUT2D eigenvalue weighted by Gasteiger charge is 2.26. The van der Waals surface area contributed by atoms with E-state index in [4.69, 9.17) is 0 Å². The van der Waals surface area contributed by atoms with Gasteiger partial charge >= 0.3 is 0 Å². The van der Waals surface area contributed by atoms with Crippen molar-refractivity contribution in [3.05, 3.63) is 41.2 Å². The third-order valence-electron chi connectivity index (χ3n) is 4.57. The molecule has 0 bridgehead atoms. The van der Waals surface area contributed by atoms with Crippen LogP contribution >= 0.6 is 12.4 Å². The Morgan fingerprint density at radius 1 is 1.17 bits per heavy atom. The number of aromatic nitrogens is 3. The maximum atomic E-state index is 12.7. The summed E-state index contributed by atoms with van der Waals surface area (Å²) in [6, 6.07) is 8.54. The molecule has 7 heteroatoms. The van der Waals surface area contributed by atoms with Gasteiger partial charge in [0.15, 0.2) is 5.69 Å². The number of halogens is 1. The minimum Gasteiger partial charge on any atom is -0.337 e. The van der Waals surface area contributed by atoms with Gasteiger partial charge in [-0.15, -0.1) is 17.5 Å². The molecule has 24 heavy (non-hydrogen) atoms. The zero-order valence-corrected chi connectivity index (χ0v) is 15.1. The van der Waals surface area contributed by atoms with Crippen LogP contribution in [0.1, 0.15) is 34.6 Å². The van der Waals surface area contributed by atoms with Gasteiger partial charge < -0.3 is 10.2 Å². The standard InChI is InChI=1S/C17H23N5O.ClH/c1-12-4-6-15(7-5-12)22-13(2)16(19-20-22)17(23)21-10-8-14(18-3)9-11-21;/h4-7,14,18H,8-11H2,1-3H3;1H. The molecular weight excluding hydrogens is 326 g/mol. The maximum Gasteiger partial charge on any atom is 0.276 e. The average molecular weight is 350 g/mol. The fourth-order valence-corrected chi connectivity index (χ4v) is 2.98. The lowest BCUT2D eigenvalue weighted by Crippen LogP contribution is -2.44. The van der Waals surface area contributed by atoms with E-state index >= 15 is 0 Å². The SMILES string of the molecule is CNC1CCN(C(=O)c2nnn(-c3ccc(C)cc3)c2C)CC1.Cl. The lowest BCUT2D eigenvalue weighted by atomic mass is 10.0. The predicted molar refractivity (Wildman–Crippen MR) is 96.1 cm³/mol. The average Bonchev–Trinajstić information content (AvgIpc) is 2.96. The van der Waals surface area contributed by atoms with Crippen molar-refractivity contribution in [1.29, 1.82) is 0 Å². The molecule has 1 aromatic heterocycles. The van der Waals surface area contributed by atoms with Crippen molar-refractivity contribution in [2.45, 2.75) is 32.7 Å². The Kier molecular flexibility index (Phi) is 5.96. The van der Waals surface area contributed by atoms with E-state index < -0.39 is 0 Å². The Morgan fingerprint density at radius 3 is 2.38 bits per heavy atom. The van der Waals surface area contributed by atoms with Gasteiger partial charge in [0.25, 0.3) is 5.91 Å². The van der Waals surface area contributed by atoms with E-state index in [0.717, 1.165) is 37.3 Å². The molecule has 1 aliphatic heterocycles. The van der Waals surface area contributed by atoms with Crippen molar-refractivity contribution in [2.75, 3.05) is 20.1 Å². The summed E-state index contributed by atoms with van der Waals surface area (Å²) in [5.41, 5.74) is 3.35. The van der Waals surface area contributed by atoms with Gasteiger partial charge in [-0.2, -0.15) is 0 Å². The molecule has 0 aliphatic carbocycles. The molecule has 2 heterocycles. The second-order valence-electron chi connectivity index (χ2n) is 6.13. The van der Waals surface area contributed by atoms with Crippen LogP contribution in [-0.4, -0.2) is 52.0 Å². The number of amides is 1. The van der Waals surface area contributed by atoms with E-state index in [9.17, 15) is 4.79 Å². The van der Waals surface area contributed by atoms with Gasteiger partial charge in [-0.1, -0.05) is 22.9 Å². The number of carbonyl (C=O) groups is 1. The first-order valence-corrected chi connectivity index (χ1v) is 8.06. The third kappa shape index (κ3) is 3.60. The third-order valence-corrected chi connectivity index (χ3v) is 4.57. The van der Waals surface area contributed by atoms with E-state index in [1.165, 1.54) is 5.56 Å². The number of carbonyl (C=O) groups excluding carboxylic acids is 1. The van der Waals surface area contributed by atoms with Crippen LogP contribution in [0.25, 0.3) is 5.69 Å². The van der Waals surface area contributed by atoms with Gasteiger partial charge in [0, 0.05) is 19.1 Å². The van der Waals surface area contributed by atoms with Crippen molar-refractivity contribution in [3.8, 4) is 5.69 Å². The lowest BCUT2D eigenvalue weighted by molar-refractivity contribution is 0.0700. The molecule has 0 saturated carbocycles. The fourth-order valence-electron chi connectivity index (χ4n) is 2.98. The summed E-state index contributed by atoms with van der Waals surface area (Å²) in [4.78, 5) is 14.6. The van der Waals surface area contributed by atoms with E-state index in [-0.39, 0.29) is 18.3 Å². The number of nitrogens with one attached hydrogen (secondary N) is 1. The molecule has 1 N–H and O–H groups in total. The molecule has 0 unspecified atom stereocenters. The van der Waals surface area contributed by atoms with Crippen molar-refractivity contribution < 1.29 is 4.79 Å². The first kappa shape index (κ1) is 18.4. The largest absolute Gasteiger partial charge is 0.337 e. The minimum absolute atomic E-state index is 0. The van der Waals surface area contributed by atoms with Crippen LogP contribution in [0.3, 0.4) is 0 Å². The number of piperidine rings is 1. The molecule has 1 aliphatic rings. The van der Waals surface area contributed by atoms with Gasteiger partial charge in [-0.3, -0.25) is 4.79 Å². The Morgan fingerprint density at radius 2 is 1.79 bits per heavy atom. The fraction of sp³-hybridized carbons (Fsp3) is 0.471. The summed E-state index contributed by atoms with van der Waals surface area (Å²) in [5.74, 6) is -0.0181. The summed E-state index contributed by atoms with van der Waals surface area (Å²) in [5, 5.41) is 11.6. The Hall–Kier alpha value is -1.92. The van der Waals surface area contributed by atoms with Crippen LogP contribution in [-0.2, 0) is 0 Å². The Labute approximate surface area is 148 Å². The van der Waals surface area contributed by atoms with E-state index in [0.29, 0.717) is 11.7 Å². The summed E-state index contributed by atoms with van der Waals surface area (Å²) in [6.07, 6.45) is 1.96. The molecule has 1 amide bonds. The molecule has 1 aromatic carbocycles. The quantitative estimate of drug-likeness (QED) is 0.922. The highest BCUT2D eigenvalue weighted by molar-refractivity contribution is 5.93. The number of rotatable bonds is 3. The van der Waals surface area contributed by atoms with Crippen molar-refractivity contribution in [1.82, 2.24) is 25.2 Å². The highest BCUT2D eigenvalue weighted by Crippen LogP contribution is 2.17. The van der Waals surface area contributed by atoms with Crippen molar-refractivity contribution in [3.63, 3.8) is 0 Å². The van der Waals surface area contributed by atoms with E-state index in [1.54, 1.807) is 4.68 Å². The molecule has 0 spiro atoms. The first-order chi connectivity index (χ1) is 11.1. The van der Waals surface area contributed by atoms with Crippen LogP contribution in [0.2, 0.25) is 0 Å². The predicted octanol–water partition coefficient (Wildman–Crippen LogP) is 2.13. The van der Waals surface area contributed by atoms with Gasteiger partial charge in [0.1, 0.15) is 0 Å². The Bertz CT molecular complexity index is 690. The molecule has 2 aromatic rings. The molecule has 1 fully saturated rings. The molecule has 0 radical (unpaired) electrons. The monoisotopic (exact) mass is 349 g/mol. The number of nitrogens with zero attached hydrogens (tertiary/aromatic N) is 4. The summed E-state index contributed by atoms with van der Waals surface area (Å²) in [7, 11) is 1.97. The van der Waals surface area contributed by atoms with Gasteiger partial charge in [-0.05, 0) is 45.9 Å². The van der Waals surface area contributed by atoms with Gasteiger partial charge in [0.05, 0.1) is 11.4 Å². The summed E-state index contributed by atoms with van der Waals surface area (Å²) in [6.45, 7) is 5.47. The van der Waals surface area contributed by atoms with Crippen molar-refractivity contribution in [2.24, 2.45) is 0 Å². The number of likely N-dealkylation sites (tertiary alicyclic amines) is 1. The highest BCUT2D eigenvalue weighted by atomic mass is 35.5. The van der Waals surface area contributed by atoms with Crippen LogP contribution in [0.15, 0.2) is 24.3 Å².